The normalized spacial score (nSPS) is 11.8. The van der Waals surface area contributed by atoms with Gasteiger partial charge in [-0.25, -0.2) is 4.68 Å². The first kappa shape index (κ1) is 14.2. The highest BCUT2D eigenvalue weighted by Crippen LogP contribution is 2.20. The van der Waals surface area contributed by atoms with Crippen LogP contribution in [0.25, 0.3) is 0 Å². The van der Waals surface area contributed by atoms with Crippen LogP contribution in [0.15, 0.2) is 12.3 Å². The number of carbonyl (C=O) groups is 1. The molecule has 0 atom stereocenters. The van der Waals surface area contributed by atoms with Crippen molar-refractivity contribution < 1.29 is 18.0 Å². The second-order valence-electron chi connectivity index (χ2n) is 4.23. The lowest BCUT2D eigenvalue weighted by Crippen LogP contribution is -2.23. The minimum absolute atomic E-state index is 0.196. The van der Waals surface area contributed by atoms with Gasteiger partial charge in [-0.15, -0.1) is 5.10 Å². The van der Waals surface area contributed by atoms with Crippen LogP contribution in [-0.4, -0.2) is 36.7 Å². The summed E-state index contributed by atoms with van der Waals surface area (Å²) in [4.78, 5) is 11.0. The summed E-state index contributed by atoms with van der Waals surface area (Å²) < 4.78 is 39.5. The Balaban J connectivity index is 2.17. The van der Waals surface area contributed by atoms with Crippen LogP contribution in [0.3, 0.4) is 0 Å². The Bertz CT molecular complexity index is 628. The third kappa shape index (κ3) is 2.86. The van der Waals surface area contributed by atoms with Crippen molar-refractivity contribution in [3.8, 4) is 0 Å². The van der Waals surface area contributed by atoms with Crippen molar-refractivity contribution in [2.24, 2.45) is 7.05 Å². The summed E-state index contributed by atoms with van der Waals surface area (Å²) in [6, 6.07) is 1.83. The van der Waals surface area contributed by atoms with Gasteiger partial charge in [0.05, 0.1) is 24.1 Å². The summed E-state index contributed by atoms with van der Waals surface area (Å²) in [5.74, 6) is -2.00. The molecule has 0 amide bonds. The van der Waals surface area contributed by atoms with Crippen molar-refractivity contribution in [3.05, 3.63) is 29.3 Å². The Kier molecular flexibility index (Phi) is 3.60. The van der Waals surface area contributed by atoms with E-state index in [-0.39, 0.29) is 6.54 Å². The molecule has 0 unspecified atom stereocenters. The quantitative estimate of drug-likeness (QED) is 0.797. The highest BCUT2D eigenvalue weighted by molar-refractivity contribution is 5.98. The third-order valence-corrected chi connectivity index (χ3v) is 2.74. The van der Waals surface area contributed by atoms with Gasteiger partial charge in [0, 0.05) is 7.05 Å². The van der Waals surface area contributed by atoms with E-state index in [0.29, 0.717) is 0 Å². The maximum absolute atomic E-state index is 12.2. The van der Waals surface area contributed by atoms with Crippen molar-refractivity contribution in [2.45, 2.75) is 26.1 Å². The Morgan fingerprint density at radius 3 is 2.65 bits per heavy atom. The van der Waals surface area contributed by atoms with Crippen LogP contribution in [0.5, 0.6) is 0 Å². The fraction of sp³-hybridized carbons (Fsp3) is 0.455. The molecule has 0 saturated heterocycles. The lowest BCUT2D eigenvalue weighted by atomic mass is 10.3. The first-order valence-electron chi connectivity index (χ1n) is 5.84. The van der Waals surface area contributed by atoms with Crippen LogP contribution < -0.4 is 0 Å². The van der Waals surface area contributed by atoms with E-state index in [1.807, 2.05) is 13.0 Å². The lowest BCUT2D eigenvalue weighted by molar-refractivity contribution is -0.0888. The van der Waals surface area contributed by atoms with Gasteiger partial charge in [0.1, 0.15) is 0 Å². The molecular weight excluding hydrogens is 275 g/mol. The van der Waals surface area contributed by atoms with Gasteiger partial charge in [0.25, 0.3) is 5.78 Å². The standard InChI is InChI=1S/C11H12F3N5O/c1-3-7-4-8(18(2)16-7)5-19-6-9(15-17-19)10(20)11(12,13)14/h4,6H,3,5H2,1-2H3. The molecule has 0 aliphatic heterocycles. The number of rotatable bonds is 4. The lowest BCUT2D eigenvalue weighted by Gasteiger charge is -2.01. The molecule has 0 spiro atoms. The fourth-order valence-corrected chi connectivity index (χ4v) is 1.68. The molecule has 9 heteroatoms. The molecule has 2 aromatic rings. The van der Waals surface area contributed by atoms with Gasteiger partial charge in [-0.1, -0.05) is 12.1 Å². The summed E-state index contributed by atoms with van der Waals surface area (Å²) in [5, 5.41) is 11.0. The van der Waals surface area contributed by atoms with Crippen molar-refractivity contribution in [2.75, 3.05) is 0 Å². The largest absolute Gasteiger partial charge is 0.456 e. The summed E-state index contributed by atoms with van der Waals surface area (Å²) >= 11 is 0. The predicted molar refractivity (Wildman–Crippen MR) is 62.1 cm³/mol. The first-order chi connectivity index (χ1) is 9.31. The molecule has 0 bridgehead atoms. The molecule has 0 radical (unpaired) electrons. The van der Waals surface area contributed by atoms with Gasteiger partial charge in [-0.05, 0) is 12.5 Å². The van der Waals surface area contributed by atoms with E-state index in [1.54, 1.807) is 11.7 Å². The van der Waals surface area contributed by atoms with E-state index in [9.17, 15) is 18.0 Å². The van der Waals surface area contributed by atoms with E-state index >= 15 is 0 Å². The average molecular weight is 287 g/mol. The van der Waals surface area contributed by atoms with Gasteiger partial charge < -0.3 is 0 Å². The Labute approximate surface area is 112 Å². The summed E-state index contributed by atoms with van der Waals surface area (Å²) in [6.45, 7) is 2.14. The number of halogens is 3. The molecule has 2 rings (SSSR count). The van der Waals surface area contributed by atoms with Crippen molar-refractivity contribution in [3.63, 3.8) is 0 Å². The summed E-state index contributed by atoms with van der Waals surface area (Å²) in [7, 11) is 1.73. The molecule has 6 nitrogen and oxygen atoms in total. The number of aryl methyl sites for hydroxylation is 2. The van der Waals surface area contributed by atoms with Gasteiger partial charge in [0.15, 0.2) is 5.69 Å². The Hall–Kier alpha value is -2.19. The Morgan fingerprint density at radius 1 is 1.40 bits per heavy atom. The first-order valence-corrected chi connectivity index (χ1v) is 5.84. The Morgan fingerprint density at radius 2 is 2.10 bits per heavy atom. The van der Waals surface area contributed by atoms with E-state index in [1.165, 1.54) is 4.68 Å². The van der Waals surface area contributed by atoms with E-state index in [0.717, 1.165) is 24.0 Å². The highest BCUT2D eigenvalue weighted by atomic mass is 19.4. The molecule has 0 fully saturated rings. The number of alkyl halides is 3. The number of aromatic nitrogens is 5. The number of carbonyl (C=O) groups excluding carboxylic acids is 1. The van der Waals surface area contributed by atoms with Crippen LogP contribution in [-0.2, 0) is 20.0 Å². The maximum atomic E-state index is 12.2. The third-order valence-electron chi connectivity index (χ3n) is 2.74. The number of ketones is 1. The molecule has 20 heavy (non-hydrogen) atoms. The zero-order chi connectivity index (χ0) is 14.9. The fourth-order valence-electron chi connectivity index (χ4n) is 1.68. The molecule has 0 aliphatic rings. The molecule has 2 aromatic heterocycles. The van der Waals surface area contributed by atoms with Gasteiger partial charge in [-0.2, -0.15) is 18.3 Å². The zero-order valence-electron chi connectivity index (χ0n) is 10.8. The molecular formula is C11H12F3N5O. The van der Waals surface area contributed by atoms with Crippen LogP contribution >= 0.6 is 0 Å². The van der Waals surface area contributed by atoms with Crippen molar-refractivity contribution in [1.82, 2.24) is 24.8 Å². The summed E-state index contributed by atoms with van der Waals surface area (Å²) in [6.07, 6.45) is -3.21. The zero-order valence-corrected chi connectivity index (χ0v) is 10.8. The van der Waals surface area contributed by atoms with E-state index < -0.39 is 17.7 Å². The van der Waals surface area contributed by atoms with Crippen LogP contribution in [0, 0.1) is 0 Å². The molecule has 0 aromatic carbocycles. The molecule has 0 N–H and O–H groups in total. The predicted octanol–water partition coefficient (Wildman–Crippen LogP) is 1.37. The minimum Gasteiger partial charge on any atom is -0.282 e. The smallest absolute Gasteiger partial charge is 0.282 e. The number of Topliss-reactive ketones (excluding diaryl/α,β-unsaturated/α-hetero) is 1. The van der Waals surface area contributed by atoms with Gasteiger partial charge in [0.2, 0.25) is 0 Å². The SMILES string of the molecule is CCc1cc(Cn2cc(C(=O)C(F)(F)F)nn2)n(C)n1. The van der Waals surface area contributed by atoms with Crippen molar-refractivity contribution in [1.29, 1.82) is 0 Å². The highest BCUT2D eigenvalue weighted by Gasteiger charge is 2.41. The summed E-state index contributed by atoms with van der Waals surface area (Å²) in [5.41, 5.74) is 0.919. The second-order valence-corrected chi connectivity index (χ2v) is 4.23. The molecule has 2 heterocycles. The number of hydrogen-bond acceptors (Lipinski definition) is 4. The molecule has 0 saturated carbocycles. The van der Waals surface area contributed by atoms with Crippen LogP contribution in [0.1, 0.15) is 28.8 Å². The van der Waals surface area contributed by atoms with Gasteiger partial charge >= 0.3 is 6.18 Å². The molecule has 108 valence electrons. The van der Waals surface area contributed by atoms with E-state index in [4.69, 9.17) is 0 Å². The average Bonchev–Trinajstić information content (AvgIpc) is 2.95. The monoisotopic (exact) mass is 287 g/mol. The van der Waals surface area contributed by atoms with Crippen LogP contribution in [0.2, 0.25) is 0 Å². The maximum Gasteiger partial charge on any atom is 0.456 e. The van der Waals surface area contributed by atoms with Gasteiger partial charge in [-0.3, -0.25) is 9.48 Å². The van der Waals surface area contributed by atoms with Crippen LogP contribution in [0.4, 0.5) is 13.2 Å². The number of hydrogen-bond donors (Lipinski definition) is 0. The van der Waals surface area contributed by atoms with Crippen molar-refractivity contribution >= 4 is 5.78 Å². The van der Waals surface area contributed by atoms with E-state index in [2.05, 4.69) is 15.4 Å². The second kappa shape index (κ2) is 5.06. The topological polar surface area (TPSA) is 65.6 Å². The number of nitrogens with zero attached hydrogens (tertiary/aromatic N) is 5. The molecule has 0 aliphatic carbocycles. The minimum atomic E-state index is -4.94.